The van der Waals surface area contributed by atoms with Gasteiger partial charge in [0.15, 0.2) is 0 Å². The molecule has 3 aliphatic rings. The number of ether oxygens (including phenoxy) is 1. The fourth-order valence-electron chi connectivity index (χ4n) is 6.35. The SMILES string of the molecule is CN1CC[C@]23CCCC[C@H]2[C@H]1Cc1ccc(Oc2ncc4ccccc4n2)cc13. The number of likely N-dealkylation sites (tertiary alicyclic amines) is 1. The first-order valence-corrected chi connectivity index (χ1v) is 11.0. The molecule has 148 valence electrons. The Balaban J connectivity index is 1.39. The molecule has 1 aliphatic heterocycles. The van der Waals surface area contributed by atoms with Crippen LogP contribution < -0.4 is 4.74 Å². The summed E-state index contributed by atoms with van der Waals surface area (Å²) >= 11 is 0. The first-order valence-electron chi connectivity index (χ1n) is 11.0. The van der Waals surface area contributed by atoms with Gasteiger partial charge in [-0.05, 0) is 74.5 Å². The maximum Gasteiger partial charge on any atom is 0.322 e. The molecule has 1 aromatic heterocycles. The van der Waals surface area contributed by atoms with Gasteiger partial charge in [-0.1, -0.05) is 37.1 Å². The third-order valence-corrected chi connectivity index (χ3v) is 7.76. The van der Waals surface area contributed by atoms with Crippen LogP contribution in [0.1, 0.15) is 43.2 Å². The predicted octanol–water partition coefficient (Wildman–Crippen LogP) is 5.11. The van der Waals surface area contributed by atoms with Gasteiger partial charge < -0.3 is 9.64 Å². The summed E-state index contributed by atoms with van der Waals surface area (Å²) in [6.45, 7) is 1.21. The number of benzene rings is 2. The highest BCUT2D eigenvalue weighted by Gasteiger charge is 2.53. The molecule has 29 heavy (non-hydrogen) atoms. The number of hydrogen-bond donors (Lipinski definition) is 0. The molecule has 2 heterocycles. The van der Waals surface area contributed by atoms with Gasteiger partial charge in [0.25, 0.3) is 0 Å². The summed E-state index contributed by atoms with van der Waals surface area (Å²) in [7, 11) is 2.32. The molecule has 1 saturated carbocycles. The fraction of sp³-hybridized carbons (Fsp3) is 0.440. The topological polar surface area (TPSA) is 38.2 Å². The molecule has 6 rings (SSSR count). The summed E-state index contributed by atoms with van der Waals surface area (Å²) in [6, 6.07) is 15.9. The van der Waals surface area contributed by atoms with Crippen LogP contribution >= 0.6 is 0 Å². The number of likely N-dealkylation sites (N-methyl/N-ethyl adjacent to an activating group) is 1. The van der Waals surface area contributed by atoms with Crippen LogP contribution in [0.2, 0.25) is 0 Å². The predicted molar refractivity (Wildman–Crippen MR) is 114 cm³/mol. The van der Waals surface area contributed by atoms with E-state index in [1.165, 1.54) is 50.6 Å². The van der Waals surface area contributed by atoms with Crippen LogP contribution in [-0.2, 0) is 11.8 Å². The monoisotopic (exact) mass is 385 g/mol. The average Bonchev–Trinajstić information content (AvgIpc) is 2.76. The second-order valence-electron chi connectivity index (χ2n) is 9.14. The number of aromatic nitrogens is 2. The maximum absolute atomic E-state index is 6.16. The number of para-hydroxylation sites is 1. The first-order chi connectivity index (χ1) is 14.2. The van der Waals surface area contributed by atoms with Crippen LogP contribution in [0.3, 0.4) is 0 Å². The zero-order valence-corrected chi connectivity index (χ0v) is 17.0. The van der Waals surface area contributed by atoms with Gasteiger partial charge in [-0.15, -0.1) is 0 Å². The third-order valence-electron chi connectivity index (χ3n) is 7.76. The van der Waals surface area contributed by atoms with Gasteiger partial charge in [-0.25, -0.2) is 4.98 Å². The van der Waals surface area contributed by atoms with Crippen LogP contribution in [0, 0.1) is 5.92 Å². The van der Waals surface area contributed by atoms with Crippen molar-refractivity contribution in [2.75, 3.05) is 13.6 Å². The lowest BCUT2D eigenvalue weighted by atomic mass is 9.52. The molecule has 2 aromatic carbocycles. The Morgan fingerprint density at radius 2 is 2.03 bits per heavy atom. The van der Waals surface area contributed by atoms with Crippen molar-refractivity contribution in [2.24, 2.45) is 5.92 Å². The fourth-order valence-corrected chi connectivity index (χ4v) is 6.35. The highest BCUT2D eigenvalue weighted by Crippen LogP contribution is 2.56. The normalized spacial score (nSPS) is 28.6. The summed E-state index contributed by atoms with van der Waals surface area (Å²) in [5, 5.41) is 1.03. The minimum atomic E-state index is 0.340. The van der Waals surface area contributed by atoms with Crippen molar-refractivity contribution < 1.29 is 4.74 Å². The van der Waals surface area contributed by atoms with Crippen LogP contribution in [0.5, 0.6) is 11.8 Å². The van der Waals surface area contributed by atoms with E-state index in [0.29, 0.717) is 17.5 Å². The molecule has 1 saturated heterocycles. The molecule has 0 N–H and O–H groups in total. The van der Waals surface area contributed by atoms with Crippen LogP contribution in [0.25, 0.3) is 10.9 Å². The zero-order valence-electron chi connectivity index (χ0n) is 17.0. The molecular formula is C25H27N3O. The lowest BCUT2D eigenvalue weighted by Gasteiger charge is -2.58. The van der Waals surface area contributed by atoms with E-state index in [0.717, 1.165) is 22.6 Å². The van der Waals surface area contributed by atoms with Crippen molar-refractivity contribution in [3.8, 4) is 11.8 Å². The average molecular weight is 386 g/mol. The molecule has 3 atom stereocenters. The van der Waals surface area contributed by atoms with E-state index >= 15 is 0 Å². The Hall–Kier alpha value is -2.46. The lowest BCUT2D eigenvalue weighted by molar-refractivity contribution is 0.00275. The summed E-state index contributed by atoms with van der Waals surface area (Å²) < 4.78 is 6.16. The maximum atomic E-state index is 6.16. The number of hydrogen-bond acceptors (Lipinski definition) is 4. The molecule has 3 aromatic rings. The van der Waals surface area contributed by atoms with Crippen molar-refractivity contribution in [1.82, 2.24) is 14.9 Å². The molecule has 2 bridgehead atoms. The molecule has 4 nitrogen and oxygen atoms in total. The van der Waals surface area contributed by atoms with Crippen molar-refractivity contribution in [1.29, 1.82) is 0 Å². The van der Waals surface area contributed by atoms with E-state index in [9.17, 15) is 0 Å². The summed E-state index contributed by atoms with van der Waals surface area (Å²) in [5.41, 5.74) is 4.32. The second kappa shape index (κ2) is 6.53. The van der Waals surface area contributed by atoms with Crippen LogP contribution in [0.4, 0.5) is 0 Å². The van der Waals surface area contributed by atoms with Crippen molar-refractivity contribution >= 4 is 10.9 Å². The van der Waals surface area contributed by atoms with E-state index in [1.807, 2.05) is 30.5 Å². The van der Waals surface area contributed by atoms with Gasteiger partial charge in [0.2, 0.25) is 0 Å². The third kappa shape index (κ3) is 2.69. The largest absolute Gasteiger partial charge is 0.424 e. The van der Waals surface area contributed by atoms with Crippen LogP contribution in [0.15, 0.2) is 48.7 Å². The smallest absolute Gasteiger partial charge is 0.322 e. The molecular weight excluding hydrogens is 358 g/mol. The van der Waals surface area contributed by atoms with Gasteiger partial charge in [-0.3, -0.25) is 0 Å². The Bertz CT molecular complexity index is 1080. The Morgan fingerprint density at radius 3 is 3.00 bits per heavy atom. The second-order valence-corrected chi connectivity index (χ2v) is 9.14. The Labute approximate surface area is 171 Å². The number of fused-ring (bicyclic) bond motifs is 2. The van der Waals surface area contributed by atoms with Crippen LogP contribution in [-0.4, -0.2) is 34.5 Å². The van der Waals surface area contributed by atoms with E-state index < -0.39 is 0 Å². The van der Waals surface area contributed by atoms with E-state index in [1.54, 1.807) is 5.56 Å². The van der Waals surface area contributed by atoms with E-state index in [-0.39, 0.29) is 0 Å². The van der Waals surface area contributed by atoms with E-state index in [2.05, 4.69) is 40.1 Å². The van der Waals surface area contributed by atoms with Crippen molar-refractivity contribution in [3.63, 3.8) is 0 Å². The quantitative estimate of drug-likeness (QED) is 0.614. The first kappa shape index (κ1) is 17.4. The zero-order chi connectivity index (χ0) is 19.4. The van der Waals surface area contributed by atoms with Gasteiger partial charge in [0.05, 0.1) is 5.52 Å². The van der Waals surface area contributed by atoms with Crippen molar-refractivity contribution in [2.45, 2.75) is 50.0 Å². The minimum Gasteiger partial charge on any atom is -0.424 e. The van der Waals surface area contributed by atoms with Gasteiger partial charge in [0, 0.05) is 23.0 Å². The highest BCUT2D eigenvalue weighted by atomic mass is 16.5. The van der Waals surface area contributed by atoms with Crippen molar-refractivity contribution in [3.05, 3.63) is 59.8 Å². The van der Waals surface area contributed by atoms with Gasteiger partial charge in [0.1, 0.15) is 5.75 Å². The summed E-state index contributed by atoms with van der Waals surface area (Å²) in [4.78, 5) is 11.6. The Kier molecular flexibility index (Phi) is 3.92. The standard InChI is InChI=1S/C25H27N3O/c1-28-13-12-25-11-5-4-7-20(25)23(28)14-17-9-10-19(15-21(17)25)29-24-26-16-18-6-2-3-8-22(18)27-24/h2-3,6,8-10,15-16,20,23H,4-5,7,11-14H2,1H3/t20-,23+,25+/m0/s1. The number of nitrogens with zero attached hydrogens (tertiary/aromatic N) is 3. The molecule has 0 amide bonds. The molecule has 2 aliphatic carbocycles. The molecule has 0 spiro atoms. The van der Waals surface area contributed by atoms with E-state index in [4.69, 9.17) is 4.74 Å². The number of rotatable bonds is 2. The lowest BCUT2D eigenvalue weighted by Crippen LogP contribution is -2.59. The molecule has 2 fully saturated rings. The van der Waals surface area contributed by atoms with Gasteiger partial charge >= 0.3 is 6.01 Å². The summed E-state index contributed by atoms with van der Waals surface area (Å²) in [5.74, 6) is 1.66. The van der Waals surface area contributed by atoms with Gasteiger partial charge in [-0.2, -0.15) is 4.98 Å². The summed E-state index contributed by atoms with van der Waals surface area (Å²) in [6.07, 6.45) is 9.71. The Morgan fingerprint density at radius 1 is 1.10 bits per heavy atom. The minimum absolute atomic E-state index is 0.340. The highest BCUT2D eigenvalue weighted by molar-refractivity contribution is 5.77. The molecule has 0 unspecified atom stereocenters. The molecule has 4 heteroatoms. The number of piperidine rings is 1. The molecule has 0 radical (unpaired) electrons.